The van der Waals surface area contributed by atoms with Crippen molar-refractivity contribution < 1.29 is 5.11 Å². The summed E-state index contributed by atoms with van der Waals surface area (Å²) in [5.74, 6) is 0. The number of aliphatic hydroxyl groups excluding tert-OH is 1. The number of hydrogen-bond donors (Lipinski definition) is 1. The van der Waals surface area contributed by atoms with Crippen LogP contribution in [0.15, 0.2) is 48.5 Å². The van der Waals surface area contributed by atoms with Gasteiger partial charge in [-0.2, -0.15) is 0 Å². The van der Waals surface area contributed by atoms with Crippen molar-refractivity contribution in [2.75, 3.05) is 0 Å². The maximum atomic E-state index is 10.1. The quantitative estimate of drug-likeness (QED) is 0.745. The van der Waals surface area contributed by atoms with Crippen molar-refractivity contribution in [3.63, 3.8) is 0 Å². The summed E-state index contributed by atoms with van der Waals surface area (Å²) >= 11 is 6.55. The molecule has 21 heavy (non-hydrogen) atoms. The van der Waals surface area contributed by atoms with E-state index in [1.165, 1.54) is 11.1 Å². The molecule has 3 aromatic rings. The zero-order chi connectivity index (χ0) is 15.0. The number of aryl methyl sites for hydroxylation is 1. The van der Waals surface area contributed by atoms with Gasteiger partial charge < -0.3 is 9.67 Å². The highest BCUT2D eigenvalue weighted by Crippen LogP contribution is 2.35. The van der Waals surface area contributed by atoms with Crippen LogP contribution in [0.1, 0.15) is 29.7 Å². The predicted octanol–water partition coefficient (Wildman–Crippen LogP) is 4.70. The first kappa shape index (κ1) is 14.2. The molecule has 3 heteroatoms. The fourth-order valence-electron chi connectivity index (χ4n) is 2.77. The molecule has 0 radical (unpaired) electrons. The number of halogens is 1. The molecule has 2 aromatic carbocycles. The molecular weight excluding hydrogens is 282 g/mol. The molecule has 1 atom stereocenters. The highest BCUT2D eigenvalue weighted by molar-refractivity contribution is 6.32. The lowest BCUT2D eigenvalue weighted by molar-refractivity contribution is 0.200. The predicted molar refractivity (Wildman–Crippen MR) is 87.9 cm³/mol. The van der Waals surface area contributed by atoms with E-state index in [2.05, 4.69) is 35.8 Å². The van der Waals surface area contributed by atoms with Crippen LogP contribution in [-0.4, -0.2) is 9.67 Å². The Morgan fingerprint density at radius 1 is 1.14 bits per heavy atom. The zero-order valence-electron chi connectivity index (χ0n) is 12.2. The number of aliphatic hydroxyl groups is 1. The minimum Gasteiger partial charge on any atom is -0.389 e. The molecule has 1 aromatic heterocycles. The van der Waals surface area contributed by atoms with Crippen LogP contribution >= 0.6 is 11.6 Å². The zero-order valence-corrected chi connectivity index (χ0v) is 12.9. The summed E-state index contributed by atoms with van der Waals surface area (Å²) in [6.45, 7) is 4.52. The standard InChI is InChI=1S/C18H18ClNO/c1-12-8-9-15-16(10-12)20(18(19)17(15)13(2)21)11-14-6-4-3-5-7-14/h3-10,13,21H,11H2,1-2H3. The molecule has 1 heterocycles. The van der Waals surface area contributed by atoms with Crippen molar-refractivity contribution in [1.29, 1.82) is 0 Å². The monoisotopic (exact) mass is 299 g/mol. The van der Waals surface area contributed by atoms with Gasteiger partial charge in [-0.15, -0.1) is 0 Å². The smallest absolute Gasteiger partial charge is 0.116 e. The van der Waals surface area contributed by atoms with Gasteiger partial charge in [-0.3, -0.25) is 0 Å². The lowest BCUT2D eigenvalue weighted by atomic mass is 10.1. The number of aromatic nitrogens is 1. The molecule has 0 saturated heterocycles. The first-order valence-electron chi connectivity index (χ1n) is 7.08. The van der Waals surface area contributed by atoms with Gasteiger partial charge in [0.2, 0.25) is 0 Å². The average molecular weight is 300 g/mol. The van der Waals surface area contributed by atoms with Gasteiger partial charge in [0.15, 0.2) is 0 Å². The highest BCUT2D eigenvalue weighted by Gasteiger charge is 2.19. The Kier molecular flexibility index (Phi) is 3.75. The van der Waals surface area contributed by atoms with Crippen LogP contribution in [0.3, 0.4) is 0 Å². The molecular formula is C18H18ClNO. The summed E-state index contributed by atoms with van der Waals surface area (Å²) < 4.78 is 2.07. The normalized spacial score (nSPS) is 12.8. The molecule has 2 nitrogen and oxygen atoms in total. The third-order valence-electron chi connectivity index (χ3n) is 3.79. The summed E-state index contributed by atoms with van der Waals surface area (Å²) in [6, 6.07) is 16.4. The summed E-state index contributed by atoms with van der Waals surface area (Å²) in [7, 11) is 0. The molecule has 0 saturated carbocycles. The van der Waals surface area contributed by atoms with Crippen molar-refractivity contribution in [1.82, 2.24) is 4.57 Å². The second-order valence-corrected chi connectivity index (χ2v) is 5.83. The Labute approximate surface area is 129 Å². The van der Waals surface area contributed by atoms with Gasteiger partial charge in [0, 0.05) is 17.5 Å². The fourth-order valence-corrected chi connectivity index (χ4v) is 3.18. The molecule has 0 amide bonds. The molecule has 108 valence electrons. The summed E-state index contributed by atoms with van der Waals surface area (Å²) in [4.78, 5) is 0. The van der Waals surface area contributed by atoms with Crippen molar-refractivity contribution >= 4 is 22.5 Å². The third kappa shape index (κ3) is 2.57. The lowest BCUT2D eigenvalue weighted by Crippen LogP contribution is -2.00. The Morgan fingerprint density at radius 2 is 1.86 bits per heavy atom. The van der Waals surface area contributed by atoms with Crippen molar-refractivity contribution in [2.24, 2.45) is 0 Å². The van der Waals surface area contributed by atoms with Gasteiger partial charge in [0.25, 0.3) is 0 Å². The van der Waals surface area contributed by atoms with Gasteiger partial charge in [-0.1, -0.05) is 54.1 Å². The molecule has 0 spiro atoms. The number of rotatable bonds is 3. The molecule has 1 N–H and O–H groups in total. The van der Waals surface area contributed by atoms with E-state index in [0.29, 0.717) is 11.7 Å². The van der Waals surface area contributed by atoms with E-state index in [0.717, 1.165) is 16.5 Å². The average Bonchev–Trinajstić information content (AvgIpc) is 2.73. The van der Waals surface area contributed by atoms with Crippen LogP contribution in [0.25, 0.3) is 10.9 Å². The first-order valence-corrected chi connectivity index (χ1v) is 7.46. The maximum Gasteiger partial charge on any atom is 0.116 e. The fraction of sp³-hybridized carbons (Fsp3) is 0.222. The minimum atomic E-state index is -0.584. The highest BCUT2D eigenvalue weighted by atomic mass is 35.5. The van der Waals surface area contributed by atoms with E-state index in [1.54, 1.807) is 6.92 Å². The SMILES string of the molecule is Cc1ccc2c(C(C)O)c(Cl)n(Cc3ccccc3)c2c1. The van der Waals surface area contributed by atoms with Crippen LogP contribution in [-0.2, 0) is 6.54 Å². The van der Waals surface area contributed by atoms with Crippen molar-refractivity contribution in [2.45, 2.75) is 26.5 Å². The topological polar surface area (TPSA) is 25.2 Å². The Hall–Kier alpha value is -1.77. The van der Waals surface area contributed by atoms with Crippen molar-refractivity contribution in [3.05, 3.63) is 70.4 Å². The lowest BCUT2D eigenvalue weighted by Gasteiger charge is -2.08. The molecule has 0 aliphatic rings. The van der Waals surface area contributed by atoms with Crippen LogP contribution in [0.2, 0.25) is 5.15 Å². The number of fused-ring (bicyclic) bond motifs is 1. The number of benzene rings is 2. The molecule has 0 fully saturated rings. The number of hydrogen-bond acceptors (Lipinski definition) is 1. The number of nitrogens with zero attached hydrogens (tertiary/aromatic N) is 1. The molecule has 0 bridgehead atoms. The van der Waals surface area contributed by atoms with E-state index in [-0.39, 0.29) is 0 Å². The van der Waals surface area contributed by atoms with Gasteiger partial charge in [0.05, 0.1) is 11.6 Å². The van der Waals surface area contributed by atoms with E-state index in [4.69, 9.17) is 11.6 Å². The van der Waals surface area contributed by atoms with Gasteiger partial charge >= 0.3 is 0 Å². The van der Waals surface area contributed by atoms with Crippen molar-refractivity contribution in [3.8, 4) is 0 Å². The second kappa shape index (κ2) is 5.55. The largest absolute Gasteiger partial charge is 0.389 e. The van der Waals surface area contributed by atoms with Crippen LogP contribution in [0, 0.1) is 6.92 Å². The summed E-state index contributed by atoms with van der Waals surface area (Å²) in [5.41, 5.74) is 4.25. The second-order valence-electron chi connectivity index (χ2n) is 5.47. The Balaban J connectivity index is 2.21. The van der Waals surface area contributed by atoms with Crippen LogP contribution < -0.4 is 0 Å². The van der Waals surface area contributed by atoms with E-state index >= 15 is 0 Å². The van der Waals surface area contributed by atoms with E-state index in [9.17, 15) is 5.11 Å². The third-order valence-corrected chi connectivity index (χ3v) is 4.20. The van der Waals surface area contributed by atoms with E-state index < -0.39 is 6.10 Å². The van der Waals surface area contributed by atoms with Gasteiger partial charge in [-0.25, -0.2) is 0 Å². The van der Waals surface area contributed by atoms with Crippen LogP contribution in [0.4, 0.5) is 0 Å². The summed E-state index contributed by atoms with van der Waals surface area (Å²) in [5, 5.41) is 11.7. The van der Waals surface area contributed by atoms with Crippen LogP contribution in [0.5, 0.6) is 0 Å². The van der Waals surface area contributed by atoms with E-state index in [1.807, 2.05) is 24.3 Å². The first-order chi connectivity index (χ1) is 10.1. The van der Waals surface area contributed by atoms with Gasteiger partial charge in [0.1, 0.15) is 5.15 Å². The Morgan fingerprint density at radius 3 is 2.52 bits per heavy atom. The molecule has 1 unspecified atom stereocenters. The molecule has 0 aliphatic heterocycles. The molecule has 0 aliphatic carbocycles. The summed E-state index contributed by atoms with van der Waals surface area (Å²) in [6.07, 6.45) is -0.584. The maximum absolute atomic E-state index is 10.1. The van der Waals surface area contributed by atoms with Gasteiger partial charge in [-0.05, 0) is 31.0 Å². The minimum absolute atomic E-state index is 0.584. The molecule has 3 rings (SSSR count). The Bertz CT molecular complexity index is 775.